The molecule has 2 N–H and O–H groups in total. The molecule has 2 aromatic heterocycles. The first-order valence-corrected chi connectivity index (χ1v) is 19.5. The highest BCUT2D eigenvalue weighted by Crippen LogP contribution is 2.43. The third-order valence-corrected chi connectivity index (χ3v) is 12.3. The number of fused-ring (bicyclic) bond motifs is 1. The van der Waals surface area contributed by atoms with Crippen molar-refractivity contribution < 1.29 is 23.8 Å². The Kier molecular flexibility index (Phi) is 9.18. The van der Waals surface area contributed by atoms with E-state index in [2.05, 4.69) is 32.6 Å². The summed E-state index contributed by atoms with van der Waals surface area (Å²) in [7, 11) is 4.97. The fraction of sp³-hybridized carbons (Fsp3) is 0.395. The number of hydrogen-bond acceptors (Lipinski definition) is 9. The van der Waals surface area contributed by atoms with Crippen molar-refractivity contribution in [2.75, 3.05) is 54.1 Å². The molecule has 3 aromatic carbocycles. The smallest absolute Gasteiger partial charge is 0.228 e. The zero-order valence-corrected chi connectivity index (χ0v) is 32.9. The Labute approximate surface area is 331 Å². The van der Waals surface area contributed by atoms with E-state index in [1.54, 1.807) is 21.3 Å². The third kappa shape index (κ3) is 6.53. The number of ether oxygens (including phenoxy) is 3. The SMILES string of the molecule is COc1cc(-n2ncc3c(-c4cccc(-c5ccc(CN6CC7(CNC(=O)C7)C6)c(OC)n5)c4Cl)cccc32)cc(OC)c1CN1CC(C)(C(=O)NC2CC2)C1. The molecule has 1 saturated carbocycles. The molecule has 0 atom stereocenters. The van der Waals surface area contributed by atoms with Crippen LogP contribution in [0.3, 0.4) is 0 Å². The molecule has 0 unspecified atom stereocenters. The van der Waals surface area contributed by atoms with Crippen LogP contribution < -0.4 is 24.8 Å². The van der Waals surface area contributed by atoms with Gasteiger partial charge in [-0.2, -0.15) is 5.10 Å². The summed E-state index contributed by atoms with van der Waals surface area (Å²) in [6.45, 7) is 7.18. The minimum atomic E-state index is -0.388. The Bertz CT molecular complexity index is 2340. The van der Waals surface area contributed by atoms with E-state index >= 15 is 0 Å². The maximum atomic E-state index is 12.8. The molecular formula is C43H46ClN7O5. The first kappa shape index (κ1) is 36.5. The molecule has 4 aliphatic rings. The second-order valence-corrected chi connectivity index (χ2v) is 16.6. The number of amides is 2. The van der Waals surface area contributed by atoms with Crippen LogP contribution in [0.15, 0.2) is 66.9 Å². The highest BCUT2D eigenvalue weighted by molar-refractivity contribution is 6.36. The van der Waals surface area contributed by atoms with Crippen molar-refractivity contribution in [3.63, 3.8) is 0 Å². The van der Waals surface area contributed by atoms with Gasteiger partial charge < -0.3 is 24.8 Å². The Morgan fingerprint density at radius 1 is 0.911 bits per heavy atom. The molecule has 2 amide bonds. The average molecular weight is 776 g/mol. The molecule has 56 heavy (non-hydrogen) atoms. The zero-order chi connectivity index (χ0) is 38.8. The van der Waals surface area contributed by atoms with E-state index < -0.39 is 0 Å². The largest absolute Gasteiger partial charge is 0.496 e. The third-order valence-electron chi connectivity index (χ3n) is 11.8. The number of aromatic nitrogens is 3. The number of benzene rings is 3. The number of carbonyl (C=O) groups is 2. The molecule has 3 saturated heterocycles. The summed E-state index contributed by atoms with van der Waals surface area (Å²) in [6.07, 6.45) is 4.62. The Morgan fingerprint density at radius 3 is 2.29 bits per heavy atom. The molecule has 4 fully saturated rings. The molecule has 0 bridgehead atoms. The molecule has 1 spiro atoms. The van der Waals surface area contributed by atoms with Crippen molar-refractivity contribution in [2.45, 2.75) is 45.3 Å². The van der Waals surface area contributed by atoms with Gasteiger partial charge in [0.1, 0.15) is 11.5 Å². The van der Waals surface area contributed by atoms with Crippen LogP contribution >= 0.6 is 11.6 Å². The fourth-order valence-corrected chi connectivity index (χ4v) is 9.16. The van der Waals surface area contributed by atoms with Crippen LogP contribution in [0, 0.1) is 10.8 Å². The van der Waals surface area contributed by atoms with Gasteiger partial charge in [-0.15, -0.1) is 0 Å². The number of rotatable bonds is 12. The lowest BCUT2D eigenvalue weighted by Crippen LogP contribution is -2.61. The van der Waals surface area contributed by atoms with E-state index in [0.717, 1.165) is 82.6 Å². The maximum Gasteiger partial charge on any atom is 0.228 e. The standard InChI is InChI=1S/C43H46ClN7O5/c1-42(41(53)47-27-12-13-27)22-50(23-42)20-33-36(54-2)15-28(16-37(33)55-3)51-35-10-6-7-29(32(35)18-46-51)30-8-5-9-31(39(30)44)34-14-11-26(40(48-34)56-4)19-49-24-43(25-49)17-38(52)45-21-43/h5-11,14-16,18,27H,12-13,17,19-25H2,1-4H3,(H,45,52)(H,47,53). The van der Waals surface area contributed by atoms with Gasteiger partial charge in [-0.05, 0) is 37.5 Å². The second-order valence-electron chi connectivity index (χ2n) is 16.2. The normalized spacial score (nSPS) is 18.7. The van der Waals surface area contributed by atoms with Crippen LogP contribution in [0.5, 0.6) is 17.4 Å². The minimum Gasteiger partial charge on any atom is -0.496 e. The van der Waals surface area contributed by atoms with Gasteiger partial charge in [-0.3, -0.25) is 19.4 Å². The molecule has 13 heteroatoms. The monoisotopic (exact) mass is 775 g/mol. The summed E-state index contributed by atoms with van der Waals surface area (Å²) in [4.78, 5) is 34.1. The molecule has 9 rings (SSSR count). The zero-order valence-electron chi connectivity index (χ0n) is 32.2. The maximum absolute atomic E-state index is 12.8. The topological polar surface area (TPSA) is 123 Å². The first-order chi connectivity index (χ1) is 27.1. The highest BCUT2D eigenvalue weighted by atomic mass is 35.5. The predicted octanol–water partition coefficient (Wildman–Crippen LogP) is 5.86. The van der Waals surface area contributed by atoms with E-state index in [1.165, 1.54) is 0 Å². The fourth-order valence-electron chi connectivity index (χ4n) is 8.83. The quantitative estimate of drug-likeness (QED) is 0.161. The number of pyridine rings is 1. The van der Waals surface area contributed by atoms with Crippen LogP contribution in [-0.2, 0) is 22.7 Å². The number of halogens is 1. The van der Waals surface area contributed by atoms with E-state index in [0.29, 0.717) is 61.0 Å². The van der Waals surface area contributed by atoms with Crippen LogP contribution in [0.1, 0.15) is 37.3 Å². The molecule has 290 valence electrons. The van der Waals surface area contributed by atoms with E-state index in [1.807, 2.05) is 66.3 Å². The Morgan fingerprint density at radius 2 is 1.61 bits per heavy atom. The van der Waals surface area contributed by atoms with Gasteiger partial charge in [0.25, 0.3) is 0 Å². The van der Waals surface area contributed by atoms with E-state index in [-0.39, 0.29) is 22.6 Å². The van der Waals surface area contributed by atoms with Crippen molar-refractivity contribution >= 4 is 34.3 Å². The van der Waals surface area contributed by atoms with Crippen molar-refractivity contribution in [3.05, 3.63) is 83.0 Å². The predicted molar refractivity (Wildman–Crippen MR) is 214 cm³/mol. The van der Waals surface area contributed by atoms with E-state index in [9.17, 15) is 9.59 Å². The number of nitrogens with one attached hydrogen (secondary N) is 2. The summed E-state index contributed by atoms with van der Waals surface area (Å²) < 4.78 is 19.5. The minimum absolute atomic E-state index is 0.0588. The van der Waals surface area contributed by atoms with Crippen molar-refractivity contribution in [1.82, 2.24) is 35.2 Å². The van der Waals surface area contributed by atoms with Gasteiger partial charge in [-0.25, -0.2) is 9.67 Å². The number of methoxy groups -OCH3 is 3. The number of nitrogens with zero attached hydrogens (tertiary/aromatic N) is 5. The number of hydrogen-bond donors (Lipinski definition) is 2. The molecule has 5 heterocycles. The van der Waals surface area contributed by atoms with Crippen molar-refractivity contribution in [3.8, 4) is 45.5 Å². The van der Waals surface area contributed by atoms with Crippen LogP contribution in [-0.4, -0.2) is 96.5 Å². The van der Waals surface area contributed by atoms with Gasteiger partial charge >= 0.3 is 0 Å². The van der Waals surface area contributed by atoms with Crippen LogP contribution in [0.4, 0.5) is 0 Å². The molecule has 0 radical (unpaired) electrons. The summed E-state index contributed by atoms with van der Waals surface area (Å²) in [6, 6.07) is 20.5. The average Bonchev–Trinajstić information content (AvgIpc) is 3.74. The molecule has 1 aliphatic carbocycles. The Hall–Kier alpha value is -5.17. The lowest BCUT2D eigenvalue weighted by molar-refractivity contribution is -0.140. The summed E-state index contributed by atoms with van der Waals surface area (Å²) in [5.74, 6) is 2.23. The Balaban J connectivity index is 0.965. The highest BCUT2D eigenvalue weighted by Gasteiger charge is 2.48. The molecular weight excluding hydrogens is 730 g/mol. The van der Waals surface area contributed by atoms with Crippen molar-refractivity contribution in [1.29, 1.82) is 0 Å². The number of likely N-dealkylation sites (tertiary alicyclic amines) is 2. The molecule has 5 aromatic rings. The van der Waals surface area contributed by atoms with Gasteiger partial charge in [0.05, 0.1) is 60.4 Å². The first-order valence-electron chi connectivity index (χ1n) is 19.2. The van der Waals surface area contributed by atoms with Crippen LogP contribution in [0.25, 0.3) is 39.0 Å². The van der Waals surface area contributed by atoms with Crippen LogP contribution in [0.2, 0.25) is 5.02 Å². The van der Waals surface area contributed by atoms with E-state index in [4.69, 9.17) is 35.9 Å². The number of carbonyl (C=O) groups excluding carboxylic acids is 2. The summed E-state index contributed by atoms with van der Waals surface area (Å²) >= 11 is 7.24. The molecule has 12 nitrogen and oxygen atoms in total. The van der Waals surface area contributed by atoms with Gasteiger partial charge in [0, 0.05) is 97.9 Å². The summed E-state index contributed by atoms with van der Waals surface area (Å²) in [5.41, 5.74) is 6.61. The molecule has 3 aliphatic heterocycles. The summed E-state index contributed by atoms with van der Waals surface area (Å²) in [5, 5.41) is 12.5. The van der Waals surface area contributed by atoms with Crippen molar-refractivity contribution in [2.24, 2.45) is 10.8 Å². The lowest BCUT2D eigenvalue weighted by atomic mass is 9.79. The lowest BCUT2D eigenvalue weighted by Gasteiger charge is -2.47. The van der Waals surface area contributed by atoms with Gasteiger partial charge in [-0.1, -0.05) is 48.0 Å². The van der Waals surface area contributed by atoms with Gasteiger partial charge in [0.2, 0.25) is 17.7 Å². The second kappa shape index (κ2) is 14.1. The van der Waals surface area contributed by atoms with Gasteiger partial charge in [0.15, 0.2) is 0 Å².